The van der Waals surface area contributed by atoms with Crippen LogP contribution < -0.4 is 5.32 Å². The lowest BCUT2D eigenvalue weighted by Gasteiger charge is -2.11. The third kappa shape index (κ3) is 4.01. The van der Waals surface area contributed by atoms with E-state index in [2.05, 4.69) is 15.5 Å². The molecular formula is C13H19N3O4S2. The van der Waals surface area contributed by atoms with Crippen molar-refractivity contribution < 1.29 is 17.6 Å². The van der Waals surface area contributed by atoms with Crippen molar-refractivity contribution in [3.63, 3.8) is 0 Å². The van der Waals surface area contributed by atoms with Gasteiger partial charge in [-0.2, -0.15) is 0 Å². The SMILES string of the molecule is C[C@H](NC(=O)CSc1nnc([C@@H]2CCS(=O)(=O)C2)o1)C1CC1. The van der Waals surface area contributed by atoms with Crippen LogP contribution >= 0.6 is 11.8 Å². The molecule has 0 radical (unpaired) electrons. The molecule has 1 aliphatic carbocycles. The Morgan fingerprint density at radius 3 is 2.82 bits per heavy atom. The number of hydrogen-bond acceptors (Lipinski definition) is 7. The second kappa shape index (κ2) is 6.19. The van der Waals surface area contributed by atoms with Crippen LogP contribution in [0.5, 0.6) is 0 Å². The average molecular weight is 345 g/mol. The fourth-order valence-corrected chi connectivity index (χ4v) is 4.88. The number of carbonyl (C=O) groups excluding carboxylic acids is 1. The molecule has 1 amide bonds. The monoisotopic (exact) mass is 345 g/mol. The molecule has 1 aromatic heterocycles. The normalized spacial score (nSPS) is 25.0. The summed E-state index contributed by atoms with van der Waals surface area (Å²) in [5, 5.41) is 11.1. The summed E-state index contributed by atoms with van der Waals surface area (Å²) in [6.07, 6.45) is 2.89. The van der Waals surface area contributed by atoms with Crippen molar-refractivity contribution in [2.24, 2.45) is 5.92 Å². The van der Waals surface area contributed by atoms with Gasteiger partial charge < -0.3 is 9.73 Å². The van der Waals surface area contributed by atoms with E-state index in [0.717, 1.165) is 0 Å². The molecule has 7 nitrogen and oxygen atoms in total. The first kappa shape index (κ1) is 15.8. The molecule has 2 heterocycles. The van der Waals surface area contributed by atoms with Gasteiger partial charge in [0.15, 0.2) is 9.84 Å². The molecule has 1 aromatic rings. The predicted molar refractivity (Wildman–Crippen MR) is 81.4 cm³/mol. The molecule has 1 aliphatic heterocycles. The molecule has 22 heavy (non-hydrogen) atoms. The van der Waals surface area contributed by atoms with Gasteiger partial charge in [-0.15, -0.1) is 10.2 Å². The summed E-state index contributed by atoms with van der Waals surface area (Å²) in [4.78, 5) is 11.8. The highest BCUT2D eigenvalue weighted by Gasteiger charge is 2.33. The molecule has 0 bridgehead atoms. The van der Waals surface area contributed by atoms with Gasteiger partial charge in [-0.3, -0.25) is 4.79 Å². The Morgan fingerprint density at radius 1 is 1.41 bits per heavy atom. The van der Waals surface area contributed by atoms with Crippen molar-refractivity contribution in [3.05, 3.63) is 5.89 Å². The van der Waals surface area contributed by atoms with Crippen LogP contribution in [0.3, 0.4) is 0 Å². The Hall–Kier alpha value is -1.09. The number of rotatable bonds is 6. The zero-order chi connectivity index (χ0) is 15.7. The summed E-state index contributed by atoms with van der Waals surface area (Å²) in [5.41, 5.74) is 0. The molecule has 3 rings (SSSR count). The Labute approximate surface area is 133 Å². The van der Waals surface area contributed by atoms with Gasteiger partial charge in [0, 0.05) is 6.04 Å². The van der Waals surface area contributed by atoms with Crippen molar-refractivity contribution in [1.29, 1.82) is 0 Å². The number of aromatic nitrogens is 2. The summed E-state index contributed by atoms with van der Waals surface area (Å²) >= 11 is 1.18. The lowest BCUT2D eigenvalue weighted by atomic mass is 10.1. The summed E-state index contributed by atoms with van der Waals surface area (Å²) < 4.78 is 28.4. The summed E-state index contributed by atoms with van der Waals surface area (Å²) in [6, 6.07) is 0.218. The van der Waals surface area contributed by atoms with Gasteiger partial charge in [-0.1, -0.05) is 11.8 Å². The Morgan fingerprint density at radius 2 is 2.18 bits per heavy atom. The van der Waals surface area contributed by atoms with Gasteiger partial charge in [-0.25, -0.2) is 8.42 Å². The largest absolute Gasteiger partial charge is 0.416 e. The lowest BCUT2D eigenvalue weighted by molar-refractivity contribution is -0.119. The average Bonchev–Trinajstić information content (AvgIpc) is 3.10. The third-order valence-corrected chi connectivity index (χ3v) is 6.63. The van der Waals surface area contributed by atoms with Gasteiger partial charge in [0.25, 0.3) is 5.22 Å². The Kier molecular flexibility index (Phi) is 4.44. The van der Waals surface area contributed by atoms with Crippen LogP contribution in [0.15, 0.2) is 9.64 Å². The molecule has 0 unspecified atom stereocenters. The number of nitrogens with zero attached hydrogens (tertiary/aromatic N) is 2. The second-order valence-electron chi connectivity index (χ2n) is 5.99. The molecule has 0 spiro atoms. The number of thioether (sulfide) groups is 1. The molecule has 122 valence electrons. The number of sulfone groups is 1. The standard InChI is InChI=1S/C13H19N3O4S2/c1-8(9-2-3-9)14-11(17)6-21-13-16-15-12(20-13)10-4-5-22(18,19)7-10/h8-10H,2-7H2,1H3,(H,14,17)/t8-,10+/m0/s1. The first-order valence-corrected chi connectivity index (χ1v) is 10.2. The maximum Gasteiger partial charge on any atom is 0.277 e. The van der Waals surface area contributed by atoms with Gasteiger partial charge in [0.1, 0.15) is 0 Å². The topological polar surface area (TPSA) is 102 Å². The van der Waals surface area contributed by atoms with E-state index >= 15 is 0 Å². The molecular weight excluding hydrogens is 326 g/mol. The lowest BCUT2D eigenvalue weighted by Crippen LogP contribution is -2.35. The van der Waals surface area contributed by atoms with E-state index in [9.17, 15) is 13.2 Å². The highest BCUT2D eigenvalue weighted by atomic mass is 32.2. The number of nitrogens with one attached hydrogen (secondary N) is 1. The fraction of sp³-hybridized carbons (Fsp3) is 0.769. The fourth-order valence-electron chi connectivity index (χ4n) is 2.57. The minimum atomic E-state index is -2.97. The smallest absolute Gasteiger partial charge is 0.277 e. The summed E-state index contributed by atoms with van der Waals surface area (Å²) in [6.45, 7) is 2.02. The Balaban J connectivity index is 1.48. The van der Waals surface area contributed by atoms with Crippen LogP contribution in [0, 0.1) is 5.92 Å². The van der Waals surface area contributed by atoms with Crippen molar-refractivity contribution in [1.82, 2.24) is 15.5 Å². The predicted octanol–water partition coefficient (Wildman–Crippen LogP) is 0.979. The van der Waals surface area contributed by atoms with E-state index in [1.165, 1.54) is 24.6 Å². The van der Waals surface area contributed by atoms with Gasteiger partial charge in [-0.05, 0) is 32.1 Å². The minimum Gasteiger partial charge on any atom is -0.416 e. The van der Waals surface area contributed by atoms with E-state index in [4.69, 9.17) is 4.42 Å². The highest BCUT2D eigenvalue weighted by molar-refractivity contribution is 7.99. The zero-order valence-electron chi connectivity index (χ0n) is 12.3. The van der Waals surface area contributed by atoms with E-state index < -0.39 is 9.84 Å². The van der Waals surface area contributed by atoms with Crippen molar-refractivity contribution in [2.75, 3.05) is 17.3 Å². The molecule has 9 heteroatoms. The van der Waals surface area contributed by atoms with E-state index in [1.807, 2.05) is 6.92 Å². The van der Waals surface area contributed by atoms with Gasteiger partial charge in [0.2, 0.25) is 11.8 Å². The van der Waals surface area contributed by atoms with E-state index in [-0.39, 0.29) is 35.1 Å². The van der Waals surface area contributed by atoms with Crippen molar-refractivity contribution in [2.45, 2.75) is 43.4 Å². The van der Waals surface area contributed by atoms with Crippen LogP contribution in [0.25, 0.3) is 0 Å². The van der Waals surface area contributed by atoms with Crippen molar-refractivity contribution in [3.8, 4) is 0 Å². The molecule has 2 fully saturated rings. The summed E-state index contributed by atoms with van der Waals surface area (Å²) in [7, 11) is -2.97. The maximum atomic E-state index is 11.8. The minimum absolute atomic E-state index is 0.0485. The van der Waals surface area contributed by atoms with E-state index in [0.29, 0.717) is 23.5 Å². The Bertz CT molecular complexity index is 654. The molecule has 1 saturated carbocycles. The van der Waals surface area contributed by atoms with Gasteiger partial charge in [0.05, 0.1) is 23.2 Å². The highest BCUT2D eigenvalue weighted by Crippen LogP contribution is 2.32. The van der Waals surface area contributed by atoms with E-state index in [1.54, 1.807) is 0 Å². The zero-order valence-corrected chi connectivity index (χ0v) is 14.0. The first-order valence-electron chi connectivity index (χ1n) is 7.39. The molecule has 0 aromatic carbocycles. The third-order valence-electron chi connectivity index (χ3n) is 4.05. The summed E-state index contributed by atoms with van der Waals surface area (Å²) in [5.74, 6) is 1.18. The van der Waals surface area contributed by atoms with Gasteiger partial charge >= 0.3 is 0 Å². The molecule has 1 saturated heterocycles. The molecule has 2 atom stereocenters. The molecule has 1 N–H and O–H groups in total. The maximum absolute atomic E-state index is 11.8. The first-order chi connectivity index (χ1) is 10.4. The number of carbonyl (C=O) groups is 1. The van der Waals surface area contributed by atoms with Crippen molar-refractivity contribution >= 4 is 27.5 Å². The molecule has 2 aliphatic rings. The van der Waals surface area contributed by atoms with Crippen LogP contribution in [0.2, 0.25) is 0 Å². The van der Waals surface area contributed by atoms with Crippen LogP contribution in [-0.2, 0) is 14.6 Å². The van der Waals surface area contributed by atoms with Crippen LogP contribution in [0.4, 0.5) is 0 Å². The quantitative estimate of drug-likeness (QED) is 0.767. The number of hydrogen-bond donors (Lipinski definition) is 1. The van der Waals surface area contributed by atoms with Crippen LogP contribution in [0.1, 0.15) is 38.0 Å². The number of amides is 1. The second-order valence-corrected chi connectivity index (χ2v) is 9.14. The van der Waals surface area contributed by atoms with Crippen LogP contribution in [-0.4, -0.2) is 47.8 Å².